The van der Waals surface area contributed by atoms with Gasteiger partial charge in [-0.15, -0.1) is 22.7 Å². The van der Waals surface area contributed by atoms with Gasteiger partial charge in [-0.3, -0.25) is 29.4 Å². The highest BCUT2D eigenvalue weighted by Crippen LogP contribution is 2.41. The molecule has 4 N–H and O–H groups in total. The van der Waals surface area contributed by atoms with Gasteiger partial charge >= 0.3 is 35.9 Å². The highest BCUT2D eigenvalue weighted by molar-refractivity contribution is 9.10. The van der Waals surface area contributed by atoms with Gasteiger partial charge in [-0.1, -0.05) is 28.1 Å². The van der Waals surface area contributed by atoms with Gasteiger partial charge in [0.05, 0.1) is 47.3 Å². The van der Waals surface area contributed by atoms with Crippen molar-refractivity contribution in [2.45, 2.75) is 71.6 Å². The van der Waals surface area contributed by atoms with E-state index in [9.17, 15) is 52.2 Å². The van der Waals surface area contributed by atoms with Gasteiger partial charge < -0.3 is 49.9 Å². The lowest BCUT2D eigenvalue weighted by Gasteiger charge is -2.44. The number of aromatic nitrogens is 2. The molecule has 0 bridgehead atoms. The quantitative estimate of drug-likeness (QED) is 0.0856. The van der Waals surface area contributed by atoms with Crippen LogP contribution in [-0.4, -0.2) is 201 Å². The maximum atomic E-state index is 14.7. The van der Waals surface area contributed by atoms with Crippen molar-refractivity contribution in [3.05, 3.63) is 125 Å². The third-order valence-electron chi connectivity index (χ3n) is 16.1. The molecule has 85 heavy (non-hydrogen) atoms. The molecule has 8 heterocycles. The van der Waals surface area contributed by atoms with Crippen molar-refractivity contribution in [3.63, 3.8) is 0 Å². The average molecular weight is 1280 g/mol. The molecular formula is C57H66BrF3N12O10S2. The molecule has 22 nitrogen and oxygen atoms in total. The van der Waals surface area contributed by atoms with Gasteiger partial charge in [-0.05, 0) is 83.4 Å². The van der Waals surface area contributed by atoms with Crippen molar-refractivity contribution < 1.29 is 61.6 Å². The van der Waals surface area contributed by atoms with E-state index in [1.165, 1.54) is 62.0 Å². The second-order valence-electron chi connectivity index (χ2n) is 23.6. The minimum atomic E-state index is -1.11. The lowest BCUT2D eigenvalue weighted by Crippen LogP contribution is -2.60. The number of hydrogen-bond acceptors (Lipinski definition) is 18. The van der Waals surface area contributed by atoms with E-state index in [1.54, 1.807) is 66.2 Å². The van der Waals surface area contributed by atoms with Crippen molar-refractivity contribution in [1.82, 2.24) is 50.0 Å². The molecule has 0 radical (unpaired) electrons. The summed E-state index contributed by atoms with van der Waals surface area (Å²) in [5.74, 6) is -4.74. The summed E-state index contributed by atoms with van der Waals surface area (Å²) in [6, 6.07) is 4.53. The van der Waals surface area contributed by atoms with Gasteiger partial charge in [-0.25, -0.2) is 42.3 Å². The second kappa shape index (κ2) is 24.2. The summed E-state index contributed by atoms with van der Waals surface area (Å²) in [6.07, 6.45) is 3.29. The fourth-order valence-electron chi connectivity index (χ4n) is 11.8. The zero-order valence-corrected chi connectivity index (χ0v) is 51.5. The molecule has 0 aliphatic carbocycles. The van der Waals surface area contributed by atoms with Gasteiger partial charge in [0.25, 0.3) is 0 Å². The summed E-state index contributed by atoms with van der Waals surface area (Å²) in [6.45, 7) is 16.1. The van der Waals surface area contributed by atoms with Crippen molar-refractivity contribution in [2.24, 2.45) is 20.8 Å². The minimum Gasteiger partial charge on any atom is -0.481 e. The first kappa shape index (κ1) is 62.3. The largest absolute Gasteiger partial charge is 0.481 e. The maximum absolute atomic E-state index is 14.7. The van der Waals surface area contributed by atoms with Gasteiger partial charge in [-0.2, -0.15) is 0 Å². The number of benzene rings is 2. The molecule has 2 aromatic heterocycles. The Labute approximate surface area is 505 Å². The van der Waals surface area contributed by atoms with Crippen LogP contribution >= 0.6 is 38.6 Å². The molecule has 28 heteroatoms. The number of nitrogens with one attached hydrogen (secondary N) is 2. The van der Waals surface area contributed by atoms with Crippen molar-refractivity contribution >= 4 is 86.2 Å². The number of nitrogens with zero attached hydrogens (tertiary/aromatic N) is 10. The van der Waals surface area contributed by atoms with Crippen molar-refractivity contribution in [3.8, 4) is 0 Å². The van der Waals surface area contributed by atoms with E-state index in [0.717, 1.165) is 6.07 Å². The number of hydrogen-bond donors (Lipinski definition) is 4. The SMILES string of the molecule is COC(=O)C1=C(CN2CCN3C(=O)N(CC(C)(C)C(=O)O)CC3(C)C2)NC(c2nccs2)=NC1c1ccc(F)c(F)c1C.COC(=O)C1=C(CN2CCN3C(=O)N(CC(C)(C)C(=O)O)CC3(C)C2)NC(c2nccs2)=NC1c1ccc(F)cc1Br. The second-order valence-corrected chi connectivity index (χ2v) is 26.2. The maximum Gasteiger partial charge on any atom is 0.338 e. The smallest absolute Gasteiger partial charge is 0.338 e. The molecule has 4 fully saturated rings. The number of aliphatic carboxylic acids is 2. The monoisotopic (exact) mass is 1280 g/mol. The Morgan fingerprint density at radius 3 is 1.53 bits per heavy atom. The van der Waals surface area contributed by atoms with E-state index in [2.05, 4.69) is 46.3 Å². The third-order valence-corrected chi connectivity index (χ3v) is 18.4. The summed E-state index contributed by atoms with van der Waals surface area (Å²) in [7, 11) is 2.56. The molecule has 0 saturated carbocycles. The first-order valence-corrected chi connectivity index (χ1v) is 29.7. The Hall–Kier alpha value is -7.27. The van der Waals surface area contributed by atoms with Crippen LogP contribution in [0, 0.1) is 35.2 Å². The number of carbonyl (C=O) groups is 6. The van der Waals surface area contributed by atoms with Gasteiger partial charge in [0.15, 0.2) is 33.3 Å². The molecule has 4 unspecified atom stereocenters. The molecule has 454 valence electrons. The van der Waals surface area contributed by atoms with Gasteiger partial charge in [0, 0.05) is 118 Å². The van der Waals surface area contributed by atoms with E-state index in [4.69, 9.17) is 19.5 Å². The number of halogens is 4. The molecule has 6 aliphatic rings. The molecule has 4 atom stereocenters. The number of carbonyl (C=O) groups excluding carboxylic acids is 4. The lowest BCUT2D eigenvalue weighted by atomic mass is 9.91. The summed E-state index contributed by atoms with van der Waals surface area (Å²) in [5.41, 5.74) is -0.885. The number of piperazine rings is 2. The molecule has 4 aromatic rings. The number of esters is 2. The summed E-state index contributed by atoms with van der Waals surface area (Å²) < 4.78 is 53.6. The fourth-order valence-corrected chi connectivity index (χ4v) is 13.5. The number of carboxylic acid groups (broad SMARTS) is 2. The number of thiazole rings is 2. The summed E-state index contributed by atoms with van der Waals surface area (Å²) >= 11 is 6.17. The number of methoxy groups -OCH3 is 2. The lowest BCUT2D eigenvalue weighted by molar-refractivity contribution is -0.148. The number of amidine groups is 2. The average Bonchev–Trinajstić information content (AvgIpc) is 2.08. The van der Waals surface area contributed by atoms with Crippen LogP contribution < -0.4 is 10.6 Å². The standard InChI is InChI=1S/C29H34F2N6O5S.C28H32BrFN6O5S/c1-16-17(6-7-18(30)21(16)31)22-20(25(38)42-5)19(33-23(34-22)24-32-8-11-43-24)12-35-9-10-37-27(41)36(15-29(37,4)14-35)13-28(2,3)26(39)40;1-27(2,25(38)39)13-35-15-28(3)14-34(8-9-36(28)26(35)40)12-19-20(24(37)41-4)21(17-6-5-16(30)11-18(17)29)33-22(32-19)23-31-7-10-42-23/h6-8,11,22H,9-10,12-15H2,1-5H3,(H,33,34)(H,39,40);5-7,10-11,21H,8-9,12-15H2,1-4H3,(H,32,33)(H,38,39). The number of fused-ring (bicyclic) bond motifs is 2. The van der Waals surface area contributed by atoms with E-state index in [1.807, 2.05) is 24.1 Å². The Balaban J connectivity index is 0.000000204. The minimum absolute atomic E-state index is 0.0323. The number of urea groups is 2. The van der Waals surface area contributed by atoms with Crippen LogP contribution in [0.1, 0.15) is 80.3 Å². The van der Waals surface area contributed by atoms with Crippen LogP contribution in [0.2, 0.25) is 0 Å². The molecule has 4 amide bonds. The van der Waals surface area contributed by atoms with Crippen LogP contribution in [0.3, 0.4) is 0 Å². The number of rotatable bonds is 16. The molecular weight excluding hydrogens is 1210 g/mol. The molecule has 6 aliphatic heterocycles. The molecule has 4 saturated heterocycles. The Morgan fingerprint density at radius 2 is 1.13 bits per heavy atom. The number of aliphatic imine (C=N–C) groups is 2. The van der Waals surface area contributed by atoms with E-state index in [-0.39, 0.29) is 42.8 Å². The van der Waals surface area contributed by atoms with Gasteiger partial charge in [0.1, 0.15) is 17.9 Å². The van der Waals surface area contributed by atoms with E-state index < -0.39 is 75.3 Å². The normalized spacial score (nSPS) is 22.9. The zero-order valence-electron chi connectivity index (χ0n) is 48.3. The number of amides is 4. The van der Waals surface area contributed by atoms with E-state index >= 15 is 0 Å². The van der Waals surface area contributed by atoms with E-state index in [0.29, 0.717) is 113 Å². The Morgan fingerprint density at radius 1 is 0.694 bits per heavy atom. The Kier molecular flexibility index (Phi) is 17.8. The summed E-state index contributed by atoms with van der Waals surface area (Å²) in [4.78, 5) is 106. The van der Waals surface area contributed by atoms with Crippen LogP contribution in [0.15, 0.2) is 90.5 Å². The fraction of sp³-hybridized carbons (Fsp3) is 0.474. The van der Waals surface area contributed by atoms with Crippen LogP contribution in [0.4, 0.5) is 22.8 Å². The number of ether oxygens (including phenoxy) is 2. The highest BCUT2D eigenvalue weighted by Gasteiger charge is 2.53. The van der Waals surface area contributed by atoms with Crippen LogP contribution in [-0.2, 0) is 28.7 Å². The van der Waals surface area contributed by atoms with Crippen molar-refractivity contribution in [2.75, 3.05) is 92.8 Å². The highest BCUT2D eigenvalue weighted by atomic mass is 79.9. The predicted molar refractivity (Wildman–Crippen MR) is 312 cm³/mol. The van der Waals surface area contributed by atoms with Crippen LogP contribution in [0.5, 0.6) is 0 Å². The predicted octanol–water partition coefficient (Wildman–Crippen LogP) is 6.66. The molecule has 0 spiro atoms. The van der Waals surface area contributed by atoms with Crippen molar-refractivity contribution in [1.29, 1.82) is 0 Å². The first-order chi connectivity index (χ1) is 40.1. The van der Waals surface area contributed by atoms with Gasteiger partial charge in [0.2, 0.25) is 0 Å². The summed E-state index contributed by atoms with van der Waals surface area (Å²) in [5, 5.41) is 30.6. The molecule has 2 aromatic carbocycles. The zero-order chi connectivity index (χ0) is 61.7. The third kappa shape index (κ3) is 12.6. The Bertz CT molecular complexity index is 3450. The number of carboxylic acids is 2. The first-order valence-electron chi connectivity index (χ1n) is 27.1. The topological polar surface area (TPSA) is 255 Å². The molecule has 10 rings (SSSR count). The van der Waals surface area contributed by atoms with Crippen LogP contribution in [0.25, 0.3) is 0 Å².